The Morgan fingerprint density at radius 1 is 1.42 bits per heavy atom. The van der Waals surface area contributed by atoms with Gasteiger partial charge in [-0.3, -0.25) is 4.79 Å². The molecule has 100 valence electrons. The zero-order valence-electron chi connectivity index (χ0n) is 11.2. The molecule has 0 bridgehead atoms. The first-order valence-electron chi connectivity index (χ1n) is 5.94. The smallest absolute Gasteiger partial charge is 0.230 e. The first kappa shape index (κ1) is 13.5. The largest absolute Gasteiger partial charge is 0.496 e. The lowest BCUT2D eigenvalue weighted by Crippen LogP contribution is -2.14. The van der Waals surface area contributed by atoms with Crippen LogP contribution in [0.1, 0.15) is 16.8 Å². The van der Waals surface area contributed by atoms with E-state index in [0.29, 0.717) is 5.13 Å². The van der Waals surface area contributed by atoms with E-state index >= 15 is 0 Å². The minimum absolute atomic E-state index is 0.0850. The third kappa shape index (κ3) is 3.54. The van der Waals surface area contributed by atoms with Gasteiger partial charge in [-0.05, 0) is 19.9 Å². The lowest BCUT2D eigenvalue weighted by atomic mass is 10.1. The van der Waals surface area contributed by atoms with E-state index in [2.05, 4.69) is 10.3 Å². The number of nitrogens with zero attached hydrogens (tertiary/aromatic N) is 1. The Morgan fingerprint density at radius 2 is 2.21 bits per heavy atom. The van der Waals surface area contributed by atoms with Gasteiger partial charge in [-0.15, -0.1) is 11.3 Å². The molecule has 0 saturated heterocycles. The number of thiazole rings is 1. The van der Waals surface area contributed by atoms with Gasteiger partial charge in [-0.25, -0.2) is 4.98 Å². The van der Waals surface area contributed by atoms with Gasteiger partial charge < -0.3 is 10.1 Å². The van der Waals surface area contributed by atoms with Crippen molar-refractivity contribution < 1.29 is 9.53 Å². The second kappa shape index (κ2) is 5.84. The molecule has 0 saturated carbocycles. The summed E-state index contributed by atoms with van der Waals surface area (Å²) in [5.74, 6) is 0.648. The standard InChI is InChI=1S/C14H16N2O2S/c1-9-4-5-12(18-3)11(6-9)7-13(17)16-14-15-10(2)8-19-14/h4-6,8H,7H2,1-3H3,(H,15,16,17). The zero-order valence-corrected chi connectivity index (χ0v) is 12.0. The first-order valence-corrected chi connectivity index (χ1v) is 6.82. The monoisotopic (exact) mass is 276 g/mol. The molecule has 0 spiro atoms. The van der Waals surface area contributed by atoms with Gasteiger partial charge in [0.2, 0.25) is 5.91 Å². The number of methoxy groups -OCH3 is 1. The summed E-state index contributed by atoms with van der Waals surface area (Å²) in [6.45, 7) is 3.89. The molecule has 0 aliphatic heterocycles. The summed E-state index contributed by atoms with van der Waals surface area (Å²) in [7, 11) is 1.61. The number of hydrogen-bond acceptors (Lipinski definition) is 4. The maximum Gasteiger partial charge on any atom is 0.230 e. The van der Waals surface area contributed by atoms with Crippen molar-refractivity contribution in [2.24, 2.45) is 0 Å². The summed E-state index contributed by atoms with van der Waals surface area (Å²) in [6.07, 6.45) is 0.281. The van der Waals surface area contributed by atoms with Crippen molar-refractivity contribution in [3.05, 3.63) is 40.4 Å². The molecule has 0 radical (unpaired) electrons. The van der Waals surface area contributed by atoms with E-state index in [1.54, 1.807) is 7.11 Å². The fraction of sp³-hybridized carbons (Fsp3) is 0.286. The molecule has 2 rings (SSSR count). The van der Waals surface area contributed by atoms with Crippen molar-refractivity contribution in [3.63, 3.8) is 0 Å². The molecule has 1 heterocycles. The summed E-state index contributed by atoms with van der Waals surface area (Å²) in [5.41, 5.74) is 2.90. The van der Waals surface area contributed by atoms with Crippen LogP contribution in [-0.2, 0) is 11.2 Å². The Labute approximate surface area is 116 Å². The molecule has 0 atom stereocenters. The Bertz CT molecular complexity index is 593. The summed E-state index contributed by atoms with van der Waals surface area (Å²) < 4.78 is 5.26. The summed E-state index contributed by atoms with van der Waals surface area (Å²) in [4.78, 5) is 16.2. The van der Waals surface area contributed by atoms with Crippen LogP contribution in [0.3, 0.4) is 0 Å². The molecule has 1 aromatic carbocycles. The number of rotatable bonds is 4. The Hall–Kier alpha value is -1.88. The van der Waals surface area contributed by atoms with Crippen LogP contribution in [0, 0.1) is 13.8 Å². The Morgan fingerprint density at radius 3 is 2.84 bits per heavy atom. The van der Waals surface area contributed by atoms with Crippen LogP contribution >= 0.6 is 11.3 Å². The third-order valence-electron chi connectivity index (χ3n) is 2.65. The summed E-state index contributed by atoms with van der Waals surface area (Å²) >= 11 is 1.43. The Balaban J connectivity index is 2.08. The van der Waals surface area contributed by atoms with Crippen LogP contribution in [0.5, 0.6) is 5.75 Å². The fourth-order valence-electron chi connectivity index (χ4n) is 1.79. The highest BCUT2D eigenvalue weighted by Crippen LogP contribution is 2.21. The van der Waals surface area contributed by atoms with E-state index in [9.17, 15) is 4.79 Å². The molecular weight excluding hydrogens is 260 g/mol. The molecule has 19 heavy (non-hydrogen) atoms. The van der Waals surface area contributed by atoms with E-state index in [0.717, 1.165) is 22.6 Å². The van der Waals surface area contributed by atoms with Crippen molar-refractivity contribution in [1.82, 2.24) is 4.98 Å². The number of carbonyl (C=O) groups excluding carboxylic acids is 1. The molecule has 2 aromatic rings. The highest BCUT2D eigenvalue weighted by molar-refractivity contribution is 7.13. The predicted molar refractivity (Wildman–Crippen MR) is 76.9 cm³/mol. The SMILES string of the molecule is COc1ccc(C)cc1CC(=O)Nc1nc(C)cs1. The topological polar surface area (TPSA) is 51.2 Å². The molecule has 1 N–H and O–H groups in total. The zero-order chi connectivity index (χ0) is 13.8. The molecule has 5 heteroatoms. The van der Waals surface area contributed by atoms with E-state index in [1.165, 1.54) is 11.3 Å². The molecule has 0 aliphatic rings. The average Bonchev–Trinajstić information content (AvgIpc) is 2.75. The maximum atomic E-state index is 12.0. The number of anilines is 1. The highest BCUT2D eigenvalue weighted by Gasteiger charge is 2.10. The lowest BCUT2D eigenvalue weighted by molar-refractivity contribution is -0.115. The number of ether oxygens (including phenoxy) is 1. The van der Waals surface area contributed by atoms with Crippen LogP contribution in [-0.4, -0.2) is 18.0 Å². The number of amides is 1. The van der Waals surface area contributed by atoms with Crippen LogP contribution in [0.4, 0.5) is 5.13 Å². The normalized spacial score (nSPS) is 10.3. The summed E-state index contributed by atoms with van der Waals surface area (Å²) in [5, 5.41) is 5.33. The van der Waals surface area contributed by atoms with Crippen LogP contribution in [0.2, 0.25) is 0 Å². The van der Waals surface area contributed by atoms with Gasteiger partial charge >= 0.3 is 0 Å². The van der Waals surface area contributed by atoms with Gasteiger partial charge in [0.15, 0.2) is 5.13 Å². The minimum atomic E-state index is -0.0850. The molecule has 4 nitrogen and oxygen atoms in total. The van der Waals surface area contributed by atoms with E-state index in [1.807, 2.05) is 37.4 Å². The number of benzene rings is 1. The summed E-state index contributed by atoms with van der Waals surface area (Å²) in [6, 6.07) is 5.81. The van der Waals surface area contributed by atoms with Gasteiger partial charge in [0, 0.05) is 10.9 Å². The van der Waals surface area contributed by atoms with Gasteiger partial charge in [0.25, 0.3) is 0 Å². The number of aromatic nitrogens is 1. The van der Waals surface area contributed by atoms with Crippen molar-refractivity contribution in [3.8, 4) is 5.75 Å². The number of aryl methyl sites for hydroxylation is 2. The van der Waals surface area contributed by atoms with E-state index in [4.69, 9.17) is 4.74 Å². The van der Waals surface area contributed by atoms with Gasteiger partial charge in [0.1, 0.15) is 5.75 Å². The van der Waals surface area contributed by atoms with Crippen LogP contribution < -0.4 is 10.1 Å². The third-order valence-corrected chi connectivity index (χ3v) is 3.53. The molecule has 0 unspecified atom stereocenters. The predicted octanol–water partition coefficient (Wildman–Crippen LogP) is 2.95. The van der Waals surface area contributed by atoms with Gasteiger partial charge in [-0.2, -0.15) is 0 Å². The highest BCUT2D eigenvalue weighted by atomic mass is 32.1. The quantitative estimate of drug-likeness (QED) is 0.934. The molecule has 1 amide bonds. The van der Waals surface area contributed by atoms with E-state index in [-0.39, 0.29) is 12.3 Å². The number of nitrogens with one attached hydrogen (secondary N) is 1. The van der Waals surface area contributed by atoms with Gasteiger partial charge in [-0.1, -0.05) is 17.7 Å². The van der Waals surface area contributed by atoms with Crippen LogP contribution in [0.25, 0.3) is 0 Å². The molecule has 0 fully saturated rings. The first-order chi connectivity index (χ1) is 9.08. The van der Waals surface area contributed by atoms with Gasteiger partial charge in [0.05, 0.1) is 19.2 Å². The number of hydrogen-bond donors (Lipinski definition) is 1. The fourth-order valence-corrected chi connectivity index (χ4v) is 2.50. The van der Waals surface area contributed by atoms with Crippen molar-refractivity contribution in [1.29, 1.82) is 0 Å². The lowest BCUT2D eigenvalue weighted by Gasteiger charge is -2.09. The Kier molecular flexibility index (Phi) is 4.16. The second-order valence-corrected chi connectivity index (χ2v) is 5.19. The van der Waals surface area contributed by atoms with E-state index < -0.39 is 0 Å². The average molecular weight is 276 g/mol. The molecule has 0 aliphatic carbocycles. The van der Waals surface area contributed by atoms with Crippen molar-refractivity contribution in [2.75, 3.05) is 12.4 Å². The second-order valence-electron chi connectivity index (χ2n) is 4.33. The van der Waals surface area contributed by atoms with Crippen LogP contribution in [0.15, 0.2) is 23.6 Å². The van der Waals surface area contributed by atoms with Crippen molar-refractivity contribution in [2.45, 2.75) is 20.3 Å². The maximum absolute atomic E-state index is 12.0. The number of carbonyl (C=O) groups is 1. The van der Waals surface area contributed by atoms with Crippen molar-refractivity contribution >= 4 is 22.4 Å². The minimum Gasteiger partial charge on any atom is -0.496 e. The molecular formula is C14H16N2O2S. The molecule has 1 aromatic heterocycles.